The predicted octanol–water partition coefficient (Wildman–Crippen LogP) is 4.00. The van der Waals surface area contributed by atoms with E-state index in [1.807, 2.05) is 30.3 Å². The summed E-state index contributed by atoms with van der Waals surface area (Å²) in [5.41, 5.74) is 1.86. The van der Waals surface area contributed by atoms with Crippen LogP contribution < -0.4 is 0 Å². The molecule has 0 N–H and O–H groups in total. The third-order valence-corrected chi connectivity index (χ3v) is 4.64. The summed E-state index contributed by atoms with van der Waals surface area (Å²) in [5, 5.41) is 0.724. The molecule has 24 heavy (non-hydrogen) atoms. The fourth-order valence-corrected chi connectivity index (χ4v) is 3.32. The molecule has 2 aromatic carbocycles. The number of ketones is 1. The Balaban J connectivity index is 1.88. The van der Waals surface area contributed by atoms with E-state index in [1.54, 1.807) is 30.5 Å². The standard InChI is InChI=1S/C19H15NO3S/c1-23-19(22)15-9-10-17(18-14(15)8-5-11-20-18)24-12-16(21)13-6-3-2-4-7-13/h2-11H,12H2,1H3. The number of methoxy groups -OCH3 is 1. The number of nitrogens with zero attached hydrogens (tertiary/aromatic N) is 1. The van der Waals surface area contributed by atoms with Crippen LogP contribution in [0.2, 0.25) is 0 Å². The van der Waals surface area contributed by atoms with Gasteiger partial charge in [0.1, 0.15) is 0 Å². The average Bonchev–Trinajstić information content (AvgIpc) is 2.65. The van der Waals surface area contributed by atoms with Gasteiger partial charge in [-0.3, -0.25) is 9.78 Å². The number of hydrogen-bond donors (Lipinski definition) is 0. The molecule has 0 spiro atoms. The van der Waals surface area contributed by atoms with Crippen LogP contribution in [-0.4, -0.2) is 29.6 Å². The van der Waals surface area contributed by atoms with Gasteiger partial charge in [-0.25, -0.2) is 4.79 Å². The zero-order valence-corrected chi connectivity index (χ0v) is 13.9. The fourth-order valence-electron chi connectivity index (χ4n) is 2.40. The van der Waals surface area contributed by atoms with Gasteiger partial charge in [-0.05, 0) is 18.2 Å². The van der Waals surface area contributed by atoms with Gasteiger partial charge in [0.05, 0.1) is 23.9 Å². The van der Waals surface area contributed by atoms with Gasteiger partial charge in [-0.1, -0.05) is 36.4 Å². The summed E-state index contributed by atoms with van der Waals surface area (Å²) in [6, 6.07) is 16.3. The van der Waals surface area contributed by atoms with E-state index < -0.39 is 5.97 Å². The molecular formula is C19H15NO3S. The SMILES string of the molecule is COC(=O)c1ccc(SCC(=O)c2ccccc2)c2ncccc12. The van der Waals surface area contributed by atoms with E-state index in [4.69, 9.17) is 4.74 Å². The van der Waals surface area contributed by atoms with Crippen LogP contribution in [-0.2, 0) is 4.74 Å². The first-order valence-electron chi connectivity index (χ1n) is 7.38. The van der Waals surface area contributed by atoms with Crippen LogP contribution in [0, 0.1) is 0 Å². The first-order chi connectivity index (χ1) is 11.7. The number of hydrogen-bond acceptors (Lipinski definition) is 5. The Hall–Kier alpha value is -2.66. The summed E-state index contributed by atoms with van der Waals surface area (Å²) < 4.78 is 4.81. The summed E-state index contributed by atoms with van der Waals surface area (Å²) in [7, 11) is 1.35. The van der Waals surface area contributed by atoms with Crippen molar-refractivity contribution < 1.29 is 14.3 Å². The van der Waals surface area contributed by atoms with Crippen molar-refractivity contribution in [3.8, 4) is 0 Å². The van der Waals surface area contributed by atoms with Gasteiger partial charge in [0, 0.05) is 22.0 Å². The maximum Gasteiger partial charge on any atom is 0.338 e. The van der Waals surface area contributed by atoms with E-state index in [1.165, 1.54) is 18.9 Å². The summed E-state index contributed by atoms with van der Waals surface area (Å²) in [6.45, 7) is 0. The molecule has 0 amide bonds. The van der Waals surface area contributed by atoms with Gasteiger partial charge in [-0.15, -0.1) is 11.8 Å². The van der Waals surface area contributed by atoms with E-state index in [0.29, 0.717) is 22.4 Å². The smallest absolute Gasteiger partial charge is 0.338 e. The quantitative estimate of drug-likeness (QED) is 0.400. The van der Waals surface area contributed by atoms with E-state index in [9.17, 15) is 9.59 Å². The van der Waals surface area contributed by atoms with Crippen LogP contribution in [0.4, 0.5) is 0 Å². The Kier molecular flexibility index (Phi) is 4.91. The molecule has 1 aromatic heterocycles. The number of esters is 1. The van der Waals surface area contributed by atoms with E-state index >= 15 is 0 Å². The predicted molar refractivity (Wildman–Crippen MR) is 94.6 cm³/mol. The van der Waals surface area contributed by atoms with E-state index in [2.05, 4.69) is 4.98 Å². The lowest BCUT2D eigenvalue weighted by molar-refractivity contribution is 0.0602. The Morgan fingerprint density at radius 1 is 1.04 bits per heavy atom. The first kappa shape index (κ1) is 16.2. The summed E-state index contributed by atoms with van der Waals surface area (Å²) >= 11 is 1.42. The maximum atomic E-state index is 12.3. The number of aromatic nitrogens is 1. The fraction of sp³-hybridized carbons (Fsp3) is 0.105. The van der Waals surface area contributed by atoms with Gasteiger partial charge in [0.25, 0.3) is 0 Å². The van der Waals surface area contributed by atoms with Crippen LogP contribution in [0.1, 0.15) is 20.7 Å². The van der Waals surface area contributed by atoms with Crippen LogP contribution >= 0.6 is 11.8 Å². The van der Waals surface area contributed by atoms with Crippen molar-refractivity contribution >= 4 is 34.4 Å². The molecule has 0 bridgehead atoms. The van der Waals surface area contributed by atoms with Crippen LogP contribution in [0.3, 0.4) is 0 Å². The topological polar surface area (TPSA) is 56.3 Å². The zero-order valence-electron chi connectivity index (χ0n) is 13.1. The molecule has 0 fully saturated rings. The number of pyridine rings is 1. The number of Topliss-reactive ketones (excluding diaryl/α,β-unsaturated/α-hetero) is 1. The number of carbonyl (C=O) groups is 2. The molecule has 0 saturated carbocycles. The maximum absolute atomic E-state index is 12.3. The van der Waals surface area contributed by atoms with Crippen LogP contribution in [0.15, 0.2) is 65.7 Å². The zero-order chi connectivity index (χ0) is 16.9. The summed E-state index contributed by atoms with van der Waals surface area (Å²) in [4.78, 5) is 29.4. The largest absolute Gasteiger partial charge is 0.465 e. The third kappa shape index (κ3) is 3.31. The van der Waals surface area contributed by atoms with Gasteiger partial charge in [0.2, 0.25) is 0 Å². The van der Waals surface area contributed by atoms with Crippen LogP contribution in [0.5, 0.6) is 0 Å². The second-order valence-electron chi connectivity index (χ2n) is 5.08. The lowest BCUT2D eigenvalue weighted by Gasteiger charge is -2.09. The Labute approximate surface area is 143 Å². The van der Waals surface area contributed by atoms with Crippen molar-refractivity contribution in [2.45, 2.75) is 4.90 Å². The molecule has 0 saturated heterocycles. The molecule has 4 nitrogen and oxygen atoms in total. The third-order valence-electron chi connectivity index (χ3n) is 3.59. The molecule has 120 valence electrons. The molecule has 0 radical (unpaired) electrons. The molecule has 0 aliphatic carbocycles. The van der Waals surface area contributed by atoms with Crippen molar-refractivity contribution in [2.24, 2.45) is 0 Å². The number of rotatable bonds is 5. The molecule has 3 aromatic rings. The summed E-state index contributed by atoms with van der Waals surface area (Å²) in [5.74, 6) is -0.0283. The molecule has 0 atom stereocenters. The Bertz CT molecular complexity index is 894. The van der Waals surface area contributed by atoms with Gasteiger partial charge in [-0.2, -0.15) is 0 Å². The highest BCUT2D eigenvalue weighted by atomic mass is 32.2. The minimum absolute atomic E-state index is 0.0572. The molecule has 5 heteroatoms. The van der Waals surface area contributed by atoms with Crippen molar-refractivity contribution in [3.63, 3.8) is 0 Å². The number of thioether (sulfide) groups is 1. The molecule has 1 heterocycles. The highest BCUT2D eigenvalue weighted by molar-refractivity contribution is 8.00. The van der Waals surface area contributed by atoms with Gasteiger partial charge < -0.3 is 4.74 Å². The Morgan fingerprint density at radius 3 is 2.58 bits per heavy atom. The number of fused-ring (bicyclic) bond motifs is 1. The second-order valence-corrected chi connectivity index (χ2v) is 6.10. The van der Waals surface area contributed by atoms with E-state index in [0.717, 1.165) is 10.3 Å². The minimum atomic E-state index is -0.398. The van der Waals surface area contributed by atoms with Crippen molar-refractivity contribution in [2.75, 3.05) is 12.9 Å². The number of benzene rings is 2. The molecule has 0 aliphatic heterocycles. The molecular weight excluding hydrogens is 322 g/mol. The lowest BCUT2D eigenvalue weighted by Crippen LogP contribution is -2.04. The molecule has 0 aliphatic rings. The average molecular weight is 337 g/mol. The normalized spacial score (nSPS) is 10.5. The van der Waals surface area contributed by atoms with Gasteiger partial charge in [0.15, 0.2) is 5.78 Å². The number of ether oxygens (including phenoxy) is 1. The monoisotopic (exact) mass is 337 g/mol. The number of carbonyl (C=O) groups excluding carboxylic acids is 2. The van der Waals surface area contributed by atoms with Crippen LogP contribution in [0.25, 0.3) is 10.9 Å². The first-order valence-corrected chi connectivity index (χ1v) is 8.36. The Morgan fingerprint density at radius 2 is 1.83 bits per heavy atom. The minimum Gasteiger partial charge on any atom is -0.465 e. The van der Waals surface area contributed by atoms with Crippen molar-refractivity contribution in [3.05, 3.63) is 71.9 Å². The molecule has 3 rings (SSSR count). The summed E-state index contributed by atoms with van der Waals surface area (Å²) in [6.07, 6.45) is 1.67. The highest BCUT2D eigenvalue weighted by Gasteiger charge is 2.14. The highest BCUT2D eigenvalue weighted by Crippen LogP contribution is 2.29. The lowest BCUT2D eigenvalue weighted by atomic mass is 10.1. The van der Waals surface area contributed by atoms with E-state index in [-0.39, 0.29) is 5.78 Å². The second kappa shape index (κ2) is 7.27. The van der Waals surface area contributed by atoms with Crippen molar-refractivity contribution in [1.29, 1.82) is 0 Å². The van der Waals surface area contributed by atoms with Crippen molar-refractivity contribution in [1.82, 2.24) is 4.98 Å². The molecule has 0 unspecified atom stereocenters. The van der Waals surface area contributed by atoms with Gasteiger partial charge >= 0.3 is 5.97 Å².